The quantitative estimate of drug-likeness (QED) is 0.0348. The fourth-order valence-corrected chi connectivity index (χ4v) is 2.43. The summed E-state index contributed by atoms with van der Waals surface area (Å²) in [5.74, 6) is -2.27. The van der Waals surface area contributed by atoms with Crippen molar-refractivity contribution in [2.24, 2.45) is 32.9 Å². The van der Waals surface area contributed by atoms with Gasteiger partial charge in [-0.15, -0.1) is 0 Å². The molecule has 182 valence electrons. The molecule has 2 unspecified atom stereocenters. The smallest absolute Gasteiger partial charge is 0.243 e. The first-order chi connectivity index (χ1) is 15.0. The number of hydrogen-bond donors (Lipinski definition) is 9. The van der Waals surface area contributed by atoms with Crippen LogP contribution in [0.25, 0.3) is 0 Å². The number of carbonyl (C=O) groups is 4. The summed E-state index contributed by atoms with van der Waals surface area (Å²) in [5.41, 5.74) is 20.8. The van der Waals surface area contributed by atoms with Crippen molar-refractivity contribution in [3.8, 4) is 0 Å². The molecule has 0 aliphatic heterocycles. The zero-order valence-corrected chi connectivity index (χ0v) is 17.7. The first-order valence-electron chi connectivity index (χ1n) is 9.83. The monoisotopic (exact) mass is 459 g/mol. The first kappa shape index (κ1) is 28.5. The second kappa shape index (κ2) is 16.3. The average Bonchev–Trinajstić information content (AvgIpc) is 2.69. The lowest BCUT2D eigenvalue weighted by molar-refractivity contribution is -0.134. The zero-order chi connectivity index (χ0) is 24.5. The summed E-state index contributed by atoms with van der Waals surface area (Å²) >= 11 is 0. The van der Waals surface area contributed by atoms with E-state index in [1.807, 2.05) is 0 Å². The number of aliphatic hydroxyl groups is 2. The van der Waals surface area contributed by atoms with Crippen LogP contribution in [-0.2, 0) is 19.2 Å². The highest BCUT2D eigenvalue weighted by Gasteiger charge is 2.22. The Morgan fingerprint density at radius 3 is 1.94 bits per heavy atom. The second-order valence-electron chi connectivity index (χ2n) is 6.73. The molecule has 15 nitrogen and oxygen atoms in total. The maximum Gasteiger partial charge on any atom is 0.243 e. The van der Waals surface area contributed by atoms with E-state index >= 15 is 0 Å². The summed E-state index contributed by atoms with van der Waals surface area (Å²) in [6, 6.07) is -1.85. The van der Waals surface area contributed by atoms with Crippen LogP contribution in [0.1, 0.15) is 32.1 Å². The Morgan fingerprint density at radius 2 is 1.44 bits per heavy atom. The number of aliphatic hydroxyl groups excluding tert-OH is 1. The fraction of sp³-hybridized carbons (Fsp3) is 0.647. The number of nitrogens with zero attached hydrogens (tertiary/aromatic N) is 2. The molecule has 13 N–H and O–H groups in total. The summed E-state index contributed by atoms with van der Waals surface area (Å²) in [4.78, 5) is 54.9. The van der Waals surface area contributed by atoms with Crippen LogP contribution in [0.2, 0.25) is 0 Å². The highest BCUT2D eigenvalue weighted by atomic mass is 16.5. The molecule has 0 saturated carbocycles. The van der Waals surface area contributed by atoms with Gasteiger partial charge in [0.25, 0.3) is 0 Å². The molecule has 0 rings (SSSR count). The largest absolute Gasteiger partial charge is 0.370 e. The minimum absolute atomic E-state index is 0.0761. The van der Waals surface area contributed by atoms with E-state index < -0.39 is 49.1 Å². The number of hydrogen-bond acceptors (Lipinski definition) is 8. The van der Waals surface area contributed by atoms with Gasteiger partial charge in [-0.1, -0.05) is 0 Å². The van der Waals surface area contributed by atoms with Crippen LogP contribution < -0.4 is 38.9 Å². The van der Waals surface area contributed by atoms with Gasteiger partial charge < -0.3 is 53.9 Å². The molecule has 0 fully saturated rings. The molecule has 0 aromatic heterocycles. The molecule has 15 heteroatoms. The van der Waals surface area contributed by atoms with Crippen molar-refractivity contribution < 1.29 is 29.4 Å². The Kier molecular flexibility index (Phi) is 14.5. The summed E-state index contributed by atoms with van der Waals surface area (Å²) in [6.45, 7) is 0.0506. The van der Waals surface area contributed by atoms with Gasteiger partial charge in [-0.3, -0.25) is 24.4 Å². The van der Waals surface area contributed by atoms with Crippen molar-refractivity contribution in [2.45, 2.75) is 50.5 Å². The predicted molar refractivity (Wildman–Crippen MR) is 116 cm³/mol. The number of aliphatic imine (C=N–C) groups is 2. The minimum atomic E-state index is -1.88. The zero-order valence-electron chi connectivity index (χ0n) is 17.7. The van der Waals surface area contributed by atoms with E-state index in [0.717, 1.165) is 0 Å². The number of aldehydes is 1. The van der Waals surface area contributed by atoms with Gasteiger partial charge in [0.15, 0.2) is 18.2 Å². The van der Waals surface area contributed by atoms with Gasteiger partial charge >= 0.3 is 0 Å². The van der Waals surface area contributed by atoms with Crippen LogP contribution in [0.5, 0.6) is 0 Å². The summed E-state index contributed by atoms with van der Waals surface area (Å²) < 4.78 is 0. The third-order valence-electron chi connectivity index (χ3n) is 3.87. The maximum absolute atomic E-state index is 12.4. The van der Waals surface area contributed by atoms with E-state index in [2.05, 4.69) is 25.9 Å². The fourth-order valence-electron chi connectivity index (χ4n) is 2.43. The van der Waals surface area contributed by atoms with Gasteiger partial charge in [0.2, 0.25) is 17.7 Å². The molecule has 0 bridgehead atoms. The van der Waals surface area contributed by atoms with Gasteiger partial charge in [0.1, 0.15) is 12.3 Å². The lowest BCUT2D eigenvalue weighted by Crippen LogP contribution is -2.50. The molecule has 32 heavy (non-hydrogen) atoms. The lowest BCUT2D eigenvalue weighted by Gasteiger charge is -2.19. The van der Waals surface area contributed by atoms with Gasteiger partial charge in [0.05, 0.1) is 19.0 Å². The summed E-state index contributed by atoms with van der Waals surface area (Å²) in [5, 5.41) is 24.9. The van der Waals surface area contributed by atoms with Crippen molar-refractivity contribution in [1.29, 1.82) is 0 Å². The molecular formula is C17H33N9O6. The van der Waals surface area contributed by atoms with Crippen molar-refractivity contribution in [2.75, 3.05) is 19.6 Å². The molecule has 0 aliphatic rings. The van der Waals surface area contributed by atoms with E-state index in [-0.39, 0.29) is 24.9 Å². The third-order valence-corrected chi connectivity index (χ3v) is 3.87. The highest BCUT2D eigenvalue weighted by Crippen LogP contribution is 2.01. The molecule has 0 aromatic carbocycles. The SMILES string of the molecule is NC(N)=NCCCC(C=O)NC(=O)CNC(=O)C(CCCN=C(N)N)NC(=O)CC(O)O. The van der Waals surface area contributed by atoms with E-state index in [1.54, 1.807) is 0 Å². The molecule has 2 atom stereocenters. The Morgan fingerprint density at radius 1 is 0.875 bits per heavy atom. The minimum Gasteiger partial charge on any atom is -0.370 e. The Balaban J connectivity index is 4.69. The third kappa shape index (κ3) is 15.4. The second-order valence-corrected chi connectivity index (χ2v) is 6.73. The van der Waals surface area contributed by atoms with E-state index in [0.29, 0.717) is 32.1 Å². The van der Waals surface area contributed by atoms with Gasteiger partial charge in [-0.2, -0.15) is 0 Å². The molecule has 0 heterocycles. The van der Waals surface area contributed by atoms with Gasteiger partial charge in [0, 0.05) is 13.1 Å². The van der Waals surface area contributed by atoms with Crippen molar-refractivity contribution in [3.63, 3.8) is 0 Å². The van der Waals surface area contributed by atoms with Gasteiger partial charge in [-0.25, -0.2) is 0 Å². The number of amides is 3. The Bertz CT molecular complexity index is 675. The Labute approximate surface area is 185 Å². The number of nitrogens with two attached hydrogens (primary N) is 4. The van der Waals surface area contributed by atoms with Crippen LogP contribution in [0, 0.1) is 0 Å². The van der Waals surface area contributed by atoms with E-state index in [1.165, 1.54) is 0 Å². The predicted octanol–water partition coefficient (Wildman–Crippen LogP) is -4.92. The molecular weight excluding hydrogens is 426 g/mol. The maximum atomic E-state index is 12.4. The molecule has 0 aliphatic carbocycles. The molecule has 0 aromatic rings. The van der Waals surface area contributed by atoms with Crippen LogP contribution in [0.3, 0.4) is 0 Å². The number of guanidine groups is 2. The van der Waals surface area contributed by atoms with Gasteiger partial charge in [-0.05, 0) is 25.7 Å². The van der Waals surface area contributed by atoms with Crippen LogP contribution >= 0.6 is 0 Å². The standard InChI is InChI=1S/C17H33N9O6/c18-16(19)22-5-1-3-10(9-27)25-13(29)8-24-15(32)11(4-2-6-23-17(20)21)26-12(28)7-14(30)31/h9-11,14,30-31H,1-8H2,(H,24,32)(H,25,29)(H,26,28)(H4,18,19,22)(H4,20,21,23). The number of nitrogens with one attached hydrogen (secondary N) is 3. The van der Waals surface area contributed by atoms with Crippen molar-refractivity contribution >= 4 is 35.9 Å². The number of carbonyl (C=O) groups excluding carboxylic acids is 4. The average molecular weight is 460 g/mol. The van der Waals surface area contributed by atoms with E-state index in [4.69, 9.17) is 33.1 Å². The molecule has 0 saturated heterocycles. The Hall–Kier alpha value is -3.46. The van der Waals surface area contributed by atoms with Crippen molar-refractivity contribution in [3.05, 3.63) is 0 Å². The summed E-state index contributed by atoms with van der Waals surface area (Å²) in [6.07, 6.45) is -0.743. The lowest BCUT2D eigenvalue weighted by atomic mass is 10.1. The molecule has 0 spiro atoms. The first-order valence-corrected chi connectivity index (χ1v) is 9.83. The van der Waals surface area contributed by atoms with E-state index in [9.17, 15) is 19.2 Å². The summed E-state index contributed by atoms with van der Waals surface area (Å²) in [7, 11) is 0. The van der Waals surface area contributed by atoms with Crippen molar-refractivity contribution in [1.82, 2.24) is 16.0 Å². The van der Waals surface area contributed by atoms with Crippen LogP contribution in [-0.4, -0.2) is 84.1 Å². The topological polar surface area (TPSA) is 274 Å². The molecule has 0 radical (unpaired) electrons. The van der Waals surface area contributed by atoms with Crippen LogP contribution in [0.4, 0.5) is 0 Å². The normalized spacial score (nSPS) is 12.2. The highest BCUT2D eigenvalue weighted by molar-refractivity contribution is 5.91. The number of rotatable bonds is 16. The van der Waals surface area contributed by atoms with Crippen LogP contribution in [0.15, 0.2) is 9.98 Å². The molecule has 3 amide bonds.